The van der Waals surface area contributed by atoms with Gasteiger partial charge in [-0.05, 0) is 37.4 Å². The van der Waals surface area contributed by atoms with Crippen LogP contribution in [0.1, 0.15) is 31.7 Å². The number of benzene rings is 1. The molecule has 0 radical (unpaired) electrons. The summed E-state index contributed by atoms with van der Waals surface area (Å²) in [5, 5.41) is 3.62. The monoisotopic (exact) mass is 249 g/mol. The molecule has 0 spiro atoms. The molecular formula is C15H23NS. The van der Waals surface area contributed by atoms with Crippen LogP contribution in [0.3, 0.4) is 0 Å². The van der Waals surface area contributed by atoms with Gasteiger partial charge in [-0.1, -0.05) is 38.0 Å². The van der Waals surface area contributed by atoms with Gasteiger partial charge in [-0.2, -0.15) is 0 Å². The van der Waals surface area contributed by atoms with Crippen LogP contribution in [0, 0.1) is 12.8 Å². The summed E-state index contributed by atoms with van der Waals surface area (Å²) < 4.78 is 0. The number of thioether (sulfide) groups is 1. The van der Waals surface area contributed by atoms with Crippen LogP contribution in [-0.2, 0) is 0 Å². The number of rotatable bonds is 7. The van der Waals surface area contributed by atoms with E-state index in [2.05, 4.69) is 43.4 Å². The second-order valence-electron chi connectivity index (χ2n) is 5.01. The smallest absolute Gasteiger partial charge is 0.0164 e. The van der Waals surface area contributed by atoms with Crippen molar-refractivity contribution in [2.75, 3.05) is 12.3 Å². The summed E-state index contributed by atoms with van der Waals surface area (Å²) >= 11 is 2.00. The SMILES string of the molecule is CCNC(CSc1ccccc1C)CC1CC1. The number of hydrogen-bond donors (Lipinski definition) is 1. The van der Waals surface area contributed by atoms with Crippen LogP contribution >= 0.6 is 11.8 Å². The zero-order valence-electron chi connectivity index (χ0n) is 10.9. The molecule has 0 saturated heterocycles. The Balaban J connectivity index is 1.83. The van der Waals surface area contributed by atoms with E-state index in [0.29, 0.717) is 6.04 Å². The van der Waals surface area contributed by atoms with E-state index in [4.69, 9.17) is 0 Å². The van der Waals surface area contributed by atoms with Crippen molar-refractivity contribution < 1.29 is 0 Å². The Morgan fingerprint density at radius 2 is 2.12 bits per heavy atom. The van der Waals surface area contributed by atoms with Gasteiger partial charge in [0.25, 0.3) is 0 Å². The van der Waals surface area contributed by atoms with Crippen molar-refractivity contribution in [1.82, 2.24) is 5.32 Å². The fraction of sp³-hybridized carbons (Fsp3) is 0.600. The van der Waals surface area contributed by atoms with Crippen LogP contribution in [0.4, 0.5) is 0 Å². The Labute approximate surface area is 109 Å². The van der Waals surface area contributed by atoms with Gasteiger partial charge in [0.05, 0.1) is 0 Å². The van der Waals surface area contributed by atoms with Crippen molar-refractivity contribution >= 4 is 11.8 Å². The molecule has 1 fully saturated rings. The average molecular weight is 249 g/mol. The summed E-state index contributed by atoms with van der Waals surface area (Å²) in [6.45, 7) is 5.50. The highest BCUT2D eigenvalue weighted by Crippen LogP contribution is 2.34. The van der Waals surface area contributed by atoms with Gasteiger partial charge in [0.15, 0.2) is 0 Å². The third kappa shape index (κ3) is 4.36. The minimum absolute atomic E-state index is 0.692. The van der Waals surface area contributed by atoms with Crippen LogP contribution in [0.5, 0.6) is 0 Å². The molecule has 1 aliphatic rings. The van der Waals surface area contributed by atoms with Crippen molar-refractivity contribution in [3.63, 3.8) is 0 Å². The summed E-state index contributed by atoms with van der Waals surface area (Å²) in [5.41, 5.74) is 1.40. The van der Waals surface area contributed by atoms with E-state index >= 15 is 0 Å². The Hall–Kier alpha value is -0.470. The minimum atomic E-state index is 0.692. The molecule has 1 atom stereocenters. The van der Waals surface area contributed by atoms with E-state index in [0.717, 1.165) is 12.5 Å². The topological polar surface area (TPSA) is 12.0 Å². The van der Waals surface area contributed by atoms with Gasteiger partial charge >= 0.3 is 0 Å². The van der Waals surface area contributed by atoms with Crippen molar-refractivity contribution in [2.45, 2.75) is 44.0 Å². The van der Waals surface area contributed by atoms with Gasteiger partial charge < -0.3 is 5.32 Å². The first-order valence-electron chi connectivity index (χ1n) is 6.71. The molecule has 1 aromatic rings. The summed E-state index contributed by atoms with van der Waals surface area (Å²) in [4.78, 5) is 1.44. The van der Waals surface area contributed by atoms with Crippen molar-refractivity contribution in [2.24, 2.45) is 5.92 Å². The van der Waals surface area contributed by atoms with E-state index in [-0.39, 0.29) is 0 Å². The van der Waals surface area contributed by atoms with E-state index < -0.39 is 0 Å². The van der Waals surface area contributed by atoms with E-state index in [1.807, 2.05) is 11.8 Å². The Morgan fingerprint density at radius 3 is 2.76 bits per heavy atom. The largest absolute Gasteiger partial charge is 0.313 e. The van der Waals surface area contributed by atoms with E-state index in [1.54, 1.807) is 0 Å². The van der Waals surface area contributed by atoms with Crippen molar-refractivity contribution in [3.05, 3.63) is 29.8 Å². The molecule has 94 valence electrons. The first-order valence-corrected chi connectivity index (χ1v) is 7.70. The minimum Gasteiger partial charge on any atom is -0.313 e. The van der Waals surface area contributed by atoms with Crippen LogP contribution in [-0.4, -0.2) is 18.3 Å². The molecular weight excluding hydrogens is 226 g/mol. The van der Waals surface area contributed by atoms with Gasteiger partial charge in [0, 0.05) is 16.7 Å². The molecule has 0 bridgehead atoms. The number of nitrogens with one attached hydrogen (secondary N) is 1. The second kappa shape index (κ2) is 6.46. The lowest BCUT2D eigenvalue weighted by atomic mass is 10.1. The third-order valence-corrected chi connectivity index (χ3v) is 4.68. The molecule has 0 aliphatic heterocycles. The van der Waals surface area contributed by atoms with Crippen molar-refractivity contribution in [1.29, 1.82) is 0 Å². The van der Waals surface area contributed by atoms with E-state index in [9.17, 15) is 0 Å². The summed E-state index contributed by atoms with van der Waals surface area (Å²) in [5.74, 6) is 2.21. The highest BCUT2D eigenvalue weighted by atomic mass is 32.2. The lowest BCUT2D eigenvalue weighted by Gasteiger charge is -2.17. The molecule has 1 N–H and O–H groups in total. The Morgan fingerprint density at radius 1 is 1.35 bits per heavy atom. The lowest BCUT2D eigenvalue weighted by molar-refractivity contribution is 0.508. The first-order chi connectivity index (χ1) is 8.29. The maximum atomic E-state index is 3.62. The van der Waals surface area contributed by atoms with Gasteiger partial charge in [0.1, 0.15) is 0 Å². The normalized spacial score (nSPS) is 17.1. The van der Waals surface area contributed by atoms with Crippen LogP contribution in [0.25, 0.3) is 0 Å². The molecule has 1 nitrogen and oxygen atoms in total. The maximum absolute atomic E-state index is 3.62. The van der Waals surface area contributed by atoms with Crippen molar-refractivity contribution in [3.8, 4) is 0 Å². The highest BCUT2D eigenvalue weighted by Gasteiger charge is 2.25. The van der Waals surface area contributed by atoms with Crippen LogP contribution < -0.4 is 5.32 Å². The molecule has 1 unspecified atom stereocenters. The first kappa shape index (κ1) is 13.0. The molecule has 1 saturated carbocycles. The molecule has 2 rings (SSSR count). The molecule has 0 heterocycles. The molecule has 0 amide bonds. The molecule has 1 aliphatic carbocycles. The summed E-state index contributed by atoms with van der Waals surface area (Å²) in [6, 6.07) is 9.38. The molecule has 1 aromatic carbocycles. The van der Waals surface area contributed by atoms with Crippen LogP contribution in [0.2, 0.25) is 0 Å². The maximum Gasteiger partial charge on any atom is 0.0164 e. The number of hydrogen-bond acceptors (Lipinski definition) is 2. The quantitative estimate of drug-likeness (QED) is 0.736. The number of aryl methyl sites for hydroxylation is 1. The fourth-order valence-corrected chi connectivity index (χ4v) is 3.27. The molecule has 2 heteroatoms. The zero-order chi connectivity index (χ0) is 12.1. The average Bonchev–Trinajstić information content (AvgIpc) is 3.12. The van der Waals surface area contributed by atoms with Gasteiger partial charge in [-0.3, -0.25) is 0 Å². The Bertz CT molecular complexity index is 347. The molecule has 17 heavy (non-hydrogen) atoms. The van der Waals surface area contributed by atoms with Gasteiger partial charge in [0.2, 0.25) is 0 Å². The summed E-state index contributed by atoms with van der Waals surface area (Å²) in [6.07, 6.45) is 4.28. The Kier molecular flexibility index (Phi) is 4.93. The van der Waals surface area contributed by atoms with Gasteiger partial charge in [-0.25, -0.2) is 0 Å². The standard InChI is InChI=1S/C15H23NS/c1-3-16-14(10-13-8-9-13)11-17-15-7-5-4-6-12(15)2/h4-7,13-14,16H,3,8-11H2,1-2H3. The summed E-state index contributed by atoms with van der Waals surface area (Å²) in [7, 11) is 0. The second-order valence-corrected chi connectivity index (χ2v) is 6.07. The fourth-order valence-electron chi connectivity index (χ4n) is 2.16. The van der Waals surface area contributed by atoms with E-state index in [1.165, 1.54) is 35.5 Å². The lowest BCUT2D eigenvalue weighted by Crippen LogP contribution is -2.31. The predicted octanol–water partition coefficient (Wildman–Crippen LogP) is 3.87. The third-order valence-electron chi connectivity index (χ3n) is 3.34. The highest BCUT2D eigenvalue weighted by molar-refractivity contribution is 7.99. The van der Waals surface area contributed by atoms with Crippen LogP contribution in [0.15, 0.2) is 29.2 Å². The zero-order valence-corrected chi connectivity index (χ0v) is 11.7. The van der Waals surface area contributed by atoms with Gasteiger partial charge in [-0.15, -0.1) is 11.8 Å². The molecule has 0 aromatic heterocycles. The predicted molar refractivity (Wildman–Crippen MR) is 76.7 cm³/mol.